The largest absolute Gasteiger partial charge is 0.480 e. The molecule has 4 aromatic rings. The minimum Gasteiger partial charge on any atom is -0.480 e. The molecule has 4 rings (SSSR count). The van der Waals surface area contributed by atoms with Crippen molar-refractivity contribution in [2.75, 3.05) is 6.54 Å². The molecular weight excluding hydrogens is 473 g/mol. The highest BCUT2D eigenvalue weighted by molar-refractivity contribution is 5.85. The fraction of sp³-hybridized carbons (Fsp3) is 0.136. The molecule has 2 aromatic heterocycles. The molecule has 0 aliphatic heterocycles. The summed E-state index contributed by atoms with van der Waals surface area (Å²) in [5.41, 5.74) is -0.950. The van der Waals surface area contributed by atoms with Gasteiger partial charge in [0, 0.05) is 11.1 Å². The van der Waals surface area contributed by atoms with Crippen molar-refractivity contribution in [2.24, 2.45) is 0 Å². The number of carboxylic acid groups (broad SMARTS) is 1. The predicted molar refractivity (Wildman–Crippen MR) is 111 cm³/mol. The Hall–Kier alpha value is -4.52. The lowest BCUT2D eigenvalue weighted by Crippen LogP contribution is -2.33. The quantitative estimate of drug-likeness (QED) is 0.356. The number of nitrogens with one attached hydrogen (secondary N) is 1. The Labute approximate surface area is 194 Å². The number of hydrogen-bond acceptors (Lipinski definition) is 8. The van der Waals surface area contributed by atoms with E-state index in [9.17, 15) is 27.9 Å². The third-order valence-electron chi connectivity index (χ3n) is 4.79. The molecule has 1 atom stereocenters. The molecule has 0 aliphatic carbocycles. The first-order valence-electron chi connectivity index (χ1n) is 9.89. The standard InChI is InChI=1S/C22H15F3N4O6/c23-22(24,25)15-16(11-4-2-1-3-5-11)28-34-18(15)21-27-19(29-35-21)13-8-6-12(7-9-13)17(32)20(33)26-10-14(30)31/h1-9,17,32H,10H2,(H,26,33)(H,30,31)/t17-/m1/s1. The van der Waals surface area contributed by atoms with Crippen molar-refractivity contribution < 1.29 is 42.0 Å². The van der Waals surface area contributed by atoms with E-state index in [1.165, 1.54) is 36.4 Å². The Morgan fingerprint density at radius 2 is 1.66 bits per heavy atom. The molecule has 10 nitrogen and oxygen atoms in total. The van der Waals surface area contributed by atoms with Crippen LogP contribution in [-0.4, -0.2) is 43.9 Å². The van der Waals surface area contributed by atoms with E-state index in [-0.39, 0.29) is 17.0 Å². The maximum atomic E-state index is 13.8. The number of halogens is 3. The molecule has 35 heavy (non-hydrogen) atoms. The van der Waals surface area contributed by atoms with Crippen LogP contribution in [0.1, 0.15) is 17.2 Å². The maximum absolute atomic E-state index is 13.8. The SMILES string of the molecule is O=C(O)CNC(=O)[C@H](O)c1ccc(-c2noc(-c3onc(-c4ccccc4)c3C(F)(F)F)n2)cc1. The summed E-state index contributed by atoms with van der Waals surface area (Å²) in [6.07, 6.45) is -6.46. The summed E-state index contributed by atoms with van der Waals surface area (Å²) in [6, 6.07) is 13.2. The molecule has 0 fully saturated rings. The van der Waals surface area contributed by atoms with Crippen LogP contribution in [0.5, 0.6) is 0 Å². The Morgan fingerprint density at radius 1 is 0.971 bits per heavy atom. The normalized spacial score (nSPS) is 12.3. The van der Waals surface area contributed by atoms with Crippen LogP contribution in [0.4, 0.5) is 13.2 Å². The van der Waals surface area contributed by atoms with Gasteiger partial charge in [0.1, 0.15) is 17.8 Å². The van der Waals surface area contributed by atoms with E-state index in [0.29, 0.717) is 5.56 Å². The minimum absolute atomic E-state index is 0.0813. The van der Waals surface area contributed by atoms with Gasteiger partial charge in [-0.1, -0.05) is 64.9 Å². The molecule has 0 saturated carbocycles. The smallest absolute Gasteiger partial charge is 0.422 e. The number of carbonyl (C=O) groups is 2. The lowest BCUT2D eigenvalue weighted by molar-refractivity contribution is -0.139. The van der Waals surface area contributed by atoms with Gasteiger partial charge in [0.05, 0.1) is 0 Å². The third-order valence-corrected chi connectivity index (χ3v) is 4.79. The van der Waals surface area contributed by atoms with Crippen LogP contribution in [-0.2, 0) is 15.8 Å². The first-order chi connectivity index (χ1) is 16.6. The molecule has 0 spiro atoms. The van der Waals surface area contributed by atoms with Crippen molar-refractivity contribution in [3.63, 3.8) is 0 Å². The van der Waals surface area contributed by atoms with Gasteiger partial charge in [-0.15, -0.1) is 0 Å². The Kier molecular flexibility index (Phi) is 6.34. The van der Waals surface area contributed by atoms with E-state index in [1.54, 1.807) is 18.2 Å². The lowest BCUT2D eigenvalue weighted by Gasteiger charge is -2.10. The summed E-state index contributed by atoms with van der Waals surface area (Å²) in [4.78, 5) is 26.3. The molecule has 3 N–H and O–H groups in total. The van der Waals surface area contributed by atoms with Gasteiger partial charge in [-0.2, -0.15) is 18.2 Å². The first-order valence-corrected chi connectivity index (χ1v) is 9.89. The van der Waals surface area contributed by atoms with E-state index in [0.717, 1.165) is 0 Å². The number of aliphatic hydroxyl groups is 1. The van der Waals surface area contributed by atoms with E-state index < -0.39 is 53.6 Å². The molecule has 1 amide bonds. The molecule has 0 radical (unpaired) electrons. The summed E-state index contributed by atoms with van der Waals surface area (Å²) < 4.78 is 51.5. The molecule has 2 heterocycles. The highest BCUT2D eigenvalue weighted by Gasteiger charge is 2.42. The predicted octanol–water partition coefficient (Wildman–Crippen LogP) is 3.31. The van der Waals surface area contributed by atoms with Crippen molar-refractivity contribution in [1.29, 1.82) is 0 Å². The van der Waals surface area contributed by atoms with E-state index in [1.807, 2.05) is 5.32 Å². The van der Waals surface area contributed by atoms with Gasteiger partial charge in [-0.05, 0) is 5.56 Å². The molecule has 2 aromatic carbocycles. The fourth-order valence-electron chi connectivity index (χ4n) is 3.15. The van der Waals surface area contributed by atoms with Crippen molar-refractivity contribution in [1.82, 2.24) is 20.6 Å². The van der Waals surface area contributed by atoms with Gasteiger partial charge in [0.15, 0.2) is 6.10 Å². The second kappa shape index (κ2) is 9.38. The van der Waals surface area contributed by atoms with Gasteiger partial charge < -0.3 is 24.6 Å². The highest BCUT2D eigenvalue weighted by atomic mass is 19.4. The number of alkyl halides is 3. The third kappa shape index (κ3) is 5.04. The average molecular weight is 488 g/mol. The fourth-order valence-corrected chi connectivity index (χ4v) is 3.15. The summed E-state index contributed by atoms with van der Waals surface area (Å²) in [5, 5.41) is 27.9. The monoisotopic (exact) mass is 488 g/mol. The molecule has 0 saturated heterocycles. The van der Waals surface area contributed by atoms with Gasteiger partial charge in [0.25, 0.3) is 11.8 Å². The van der Waals surface area contributed by atoms with Crippen molar-refractivity contribution >= 4 is 11.9 Å². The topological polar surface area (TPSA) is 152 Å². The highest BCUT2D eigenvalue weighted by Crippen LogP contribution is 2.43. The van der Waals surface area contributed by atoms with Crippen molar-refractivity contribution in [3.05, 3.63) is 65.7 Å². The van der Waals surface area contributed by atoms with Crippen LogP contribution in [0.15, 0.2) is 63.6 Å². The van der Waals surface area contributed by atoms with Crippen LogP contribution < -0.4 is 5.32 Å². The first kappa shape index (κ1) is 23.6. The second-order valence-corrected chi connectivity index (χ2v) is 7.16. The molecule has 0 aliphatic rings. The van der Waals surface area contributed by atoms with Gasteiger partial charge in [-0.3, -0.25) is 9.59 Å². The van der Waals surface area contributed by atoms with Crippen molar-refractivity contribution in [3.8, 4) is 34.3 Å². The van der Waals surface area contributed by atoms with Gasteiger partial charge in [-0.25, -0.2) is 0 Å². The molecule has 0 bridgehead atoms. The molecule has 180 valence electrons. The summed E-state index contributed by atoms with van der Waals surface area (Å²) >= 11 is 0. The van der Waals surface area contributed by atoms with Crippen LogP contribution in [0, 0.1) is 0 Å². The van der Waals surface area contributed by atoms with Crippen LogP contribution in [0.2, 0.25) is 0 Å². The zero-order valence-corrected chi connectivity index (χ0v) is 17.5. The number of benzene rings is 2. The van der Waals surface area contributed by atoms with E-state index >= 15 is 0 Å². The van der Waals surface area contributed by atoms with Crippen LogP contribution >= 0.6 is 0 Å². The van der Waals surface area contributed by atoms with Crippen LogP contribution in [0.3, 0.4) is 0 Å². The summed E-state index contributed by atoms with van der Waals surface area (Å²) in [7, 11) is 0. The number of carboxylic acids is 1. The molecule has 0 unspecified atom stereocenters. The zero-order chi connectivity index (χ0) is 25.2. The van der Waals surface area contributed by atoms with Gasteiger partial charge in [0.2, 0.25) is 11.6 Å². The minimum atomic E-state index is -4.83. The van der Waals surface area contributed by atoms with Crippen molar-refractivity contribution in [2.45, 2.75) is 12.3 Å². The maximum Gasteiger partial charge on any atom is 0.422 e. The number of aromatic nitrogens is 3. The zero-order valence-electron chi connectivity index (χ0n) is 17.5. The van der Waals surface area contributed by atoms with E-state index in [2.05, 4.69) is 15.3 Å². The van der Waals surface area contributed by atoms with E-state index in [4.69, 9.17) is 14.2 Å². The average Bonchev–Trinajstić information content (AvgIpc) is 3.50. The number of nitrogens with zero attached hydrogens (tertiary/aromatic N) is 3. The number of hydrogen-bond donors (Lipinski definition) is 3. The molecule has 13 heteroatoms. The number of rotatable bonds is 7. The van der Waals surface area contributed by atoms with Gasteiger partial charge >= 0.3 is 12.1 Å². The number of aliphatic carboxylic acids is 1. The number of carbonyl (C=O) groups excluding carboxylic acids is 1. The number of aliphatic hydroxyl groups excluding tert-OH is 1. The lowest BCUT2D eigenvalue weighted by atomic mass is 10.1. The second-order valence-electron chi connectivity index (χ2n) is 7.16. The Morgan fingerprint density at radius 3 is 2.29 bits per heavy atom. The summed E-state index contributed by atoms with van der Waals surface area (Å²) in [5.74, 6) is -3.55. The van der Waals surface area contributed by atoms with Crippen LogP contribution in [0.25, 0.3) is 34.3 Å². The Bertz CT molecular complexity index is 1350. The summed E-state index contributed by atoms with van der Waals surface area (Å²) in [6.45, 7) is -0.660. The number of amides is 1. The molecular formula is C22H15F3N4O6. The Balaban J connectivity index is 1.60.